The van der Waals surface area contributed by atoms with Crippen molar-refractivity contribution < 1.29 is 18.0 Å². The Balaban J connectivity index is 1.70. The lowest BCUT2D eigenvalue weighted by Gasteiger charge is -2.38. The molecule has 1 aliphatic rings. The number of hydrogen-bond acceptors (Lipinski definition) is 4. The number of rotatable bonds is 8. The molecule has 1 fully saturated rings. The molecule has 3 N–H and O–H groups in total. The summed E-state index contributed by atoms with van der Waals surface area (Å²) in [6.45, 7) is 3.49. The third kappa shape index (κ3) is 8.11. The molecule has 0 spiro atoms. The third-order valence-corrected chi connectivity index (χ3v) is 8.42. The first kappa shape index (κ1) is 30.3. The zero-order valence-electron chi connectivity index (χ0n) is 21.8. The minimum atomic E-state index is -2.85. The maximum Gasteiger partial charge on any atom is 0.286 e. The summed E-state index contributed by atoms with van der Waals surface area (Å²) in [6.07, 6.45) is 7.94. The van der Waals surface area contributed by atoms with Gasteiger partial charge in [-0.2, -0.15) is 0 Å². The number of hydrogen-bond donors (Lipinski definition) is 2. The van der Waals surface area contributed by atoms with Crippen LogP contribution in [0.25, 0.3) is 0 Å². The Morgan fingerprint density at radius 2 is 2.03 bits per heavy atom. The van der Waals surface area contributed by atoms with Crippen molar-refractivity contribution in [3.05, 3.63) is 49.3 Å². The van der Waals surface area contributed by atoms with Crippen molar-refractivity contribution in [1.29, 1.82) is 0 Å². The van der Waals surface area contributed by atoms with Crippen LogP contribution in [0.5, 0.6) is 0 Å². The SMILES string of the molecule is CCCC1(CCC)CCCC(C#Cc2cc(C(=O)Nc3cc(F)c(=O)n(CC(F)F)c3)sc2Cl)CC(N)C1. The van der Waals surface area contributed by atoms with Crippen LogP contribution >= 0.6 is 22.9 Å². The van der Waals surface area contributed by atoms with Gasteiger partial charge >= 0.3 is 0 Å². The smallest absolute Gasteiger partial charge is 0.286 e. The summed E-state index contributed by atoms with van der Waals surface area (Å²) in [5.74, 6) is 4.72. The molecule has 3 rings (SSSR count). The lowest BCUT2D eigenvalue weighted by molar-refractivity contribution is 0.103. The summed E-state index contributed by atoms with van der Waals surface area (Å²) in [7, 11) is 0. The molecule has 1 aliphatic carbocycles. The van der Waals surface area contributed by atoms with Gasteiger partial charge in [0.25, 0.3) is 17.9 Å². The van der Waals surface area contributed by atoms with Crippen molar-refractivity contribution >= 4 is 34.5 Å². The van der Waals surface area contributed by atoms with Gasteiger partial charge in [0.15, 0.2) is 5.82 Å². The van der Waals surface area contributed by atoms with Gasteiger partial charge in [-0.3, -0.25) is 9.59 Å². The van der Waals surface area contributed by atoms with E-state index in [-0.39, 0.29) is 22.5 Å². The molecule has 2 heterocycles. The number of carbonyl (C=O) groups excluding carboxylic acids is 1. The summed E-state index contributed by atoms with van der Waals surface area (Å²) >= 11 is 7.37. The lowest BCUT2D eigenvalue weighted by atomic mass is 9.68. The Kier molecular flexibility index (Phi) is 10.9. The number of pyridine rings is 1. The van der Waals surface area contributed by atoms with Gasteiger partial charge in [0, 0.05) is 24.2 Å². The standard InChI is InChI=1S/C28H35ClF3N3O2S/c1-3-9-28(10-4-2)11-5-6-18(12-20(33)15-28)7-8-19-13-23(38-25(19)29)26(36)34-21-14-22(30)27(37)35(16-21)17-24(31)32/h13-14,16,18,20,24H,3-6,9-12,15,17,33H2,1-2H3,(H,34,36). The Morgan fingerprint density at radius 1 is 1.32 bits per heavy atom. The maximum absolute atomic E-state index is 13.9. The number of alkyl halides is 2. The van der Waals surface area contributed by atoms with Gasteiger partial charge in [-0.05, 0) is 50.0 Å². The molecule has 0 saturated heterocycles. The first-order valence-electron chi connectivity index (χ1n) is 13.1. The molecule has 0 radical (unpaired) electrons. The van der Waals surface area contributed by atoms with E-state index in [0.717, 1.165) is 68.5 Å². The molecule has 5 nitrogen and oxygen atoms in total. The van der Waals surface area contributed by atoms with Crippen LogP contribution in [0.15, 0.2) is 23.1 Å². The second-order valence-corrected chi connectivity index (χ2v) is 11.9. The van der Waals surface area contributed by atoms with E-state index in [2.05, 4.69) is 31.0 Å². The van der Waals surface area contributed by atoms with Crippen molar-refractivity contribution in [2.24, 2.45) is 17.1 Å². The molecule has 0 bridgehead atoms. The normalized spacial score (nSPS) is 19.4. The second kappa shape index (κ2) is 13.7. The van der Waals surface area contributed by atoms with Gasteiger partial charge < -0.3 is 15.6 Å². The predicted molar refractivity (Wildman–Crippen MR) is 148 cm³/mol. The van der Waals surface area contributed by atoms with Crippen LogP contribution in [0.4, 0.5) is 18.9 Å². The zero-order chi connectivity index (χ0) is 27.9. The molecule has 0 aromatic carbocycles. The summed E-state index contributed by atoms with van der Waals surface area (Å²) in [6, 6.07) is 2.43. The molecule has 2 unspecified atom stereocenters. The molecule has 0 aliphatic heterocycles. The van der Waals surface area contributed by atoms with E-state index in [1.54, 1.807) is 6.07 Å². The van der Waals surface area contributed by atoms with E-state index in [9.17, 15) is 22.8 Å². The number of amides is 1. The van der Waals surface area contributed by atoms with Crippen LogP contribution in [0.1, 0.15) is 86.9 Å². The Labute approximate surface area is 230 Å². The summed E-state index contributed by atoms with van der Waals surface area (Å²) in [4.78, 5) is 24.7. The first-order valence-corrected chi connectivity index (χ1v) is 14.3. The fourth-order valence-electron chi connectivity index (χ4n) is 5.61. The Bertz CT molecular complexity index is 1230. The van der Waals surface area contributed by atoms with Crippen LogP contribution in [0.2, 0.25) is 4.34 Å². The number of aromatic nitrogens is 1. The predicted octanol–water partition coefficient (Wildman–Crippen LogP) is 7.07. The molecule has 2 aromatic heterocycles. The molecule has 38 heavy (non-hydrogen) atoms. The fraction of sp³-hybridized carbons (Fsp3) is 0.571. The monoisotopic (exact) mass is 569 g/mol. The van der Waals surface area contributed by atoms with Crippen LogP contribution < -0.4 is 16.6 Å². The maximum atomic E-state index is 13.9. The first-order chi connectivity index (χ1) is 18.1. The summed E-state index contributed by atoms with van der Waals surface area (Å²) in [5, 5.41) is 2.44. The highest BCUT2D eigenvalue weighted by atomic mass is 35.5. The minimum absolute atomic E-state index is 0.0840. The molecular formula is C28H35ClF3N3O2S. The molecule has 1 amide bonds. The van der Waals surface area contributed by atoms with Gasteiger partial charge in [-0.1, -0.05) is 56.6 Å². The molecule has 10 heteroatoms. The van der Waals surface area contributed by atoms with E-state index in [0.29, 0.717) is 19.9 Å². The highest BCUT2D eigenvalue weighted by Gasteiger charge is 2.32. The van der Waals surface area contributed by atoms with Crippen molar-refractivity contribution in [2.45, 2.75) is 90.6 Å². The van der Waals surface area contributed by atoms with Crippen molar-refractivity contribution in [2.75, 3.05) is 5.32 Å². The van der Waals surface area contributed by atoms with Gasteiger partial charge in [-0.25, -0.2) is 13.2 Å². The van der Waals surface area contributed by atoms with Crippen molar-refractivity contribution in [3.63, 3.8) is 0 Å². The number of nitrogens with one attached hydrogen (secondary N) is 1. The van der Waals surface area contributed by atoms with E-state index < -0.39 is 30.3 Å². The van der Waals surface area contributed by atoms with Crippen LogP contribution in [-0.4, -0.2) is 22.9 Å². The van der Waals surface area contributed by atoms with Gasteiger partial charge in [0.2, 0.25) is 0 Å². The molecule has 2 atom stereocenters. The fourth-order valence-corrected chi connectivity index (χ4v) is 6.69. The molecular weight excluding hydrogens is 535 g/mol. The van der Waals surface area contributed by atoms with E-state index in [4.69, 9.17) is 17.3 Å². The third-order valence-electron chi connectivity index (χ3n) is 7.06. The highest BCUT2D eigenvalue weighted by molar-refractivity contribution is 7.18. The molecule has 2 aromatic rings. The van der Waals surface area contributed by atoms with Crippen molar-refractivity contribution in [1.82, 2.24) is 4.57 Å². The average Bonchev–Trinajstić information content (AvgIpc) is 3.20. The second-order valence-electron chi connectivity index (χ2n) is 10.2. The van der Waals surface area contributed by atoms with Gasteiger partial charge in [0.05, 0.1) is 22.7 Å². The van der Waals surface area contributed by atoms with E-state index >= 15 is 0 Å². The topological polar surface area (TPSA) is 77.1 Å². The number of thiophene rings is 1. The Hall–Kier alpha value is -2.28. The number of anilines is 1. The molecule has 1 saturated carbocycles. The average molecular weight is 570 g/mol. The number of nitrogens with zero attached hydrogens (tertiary/aromatic N) is 1. The number of carbonyl (C=O) groups is 1. The van der Waals surface area contributed by atoms with Gasteiger partial charge in [0.1, 0.15) is 4.34 Å². The lowest BCUT2D eigenvalue weighted by Crippen LogP contribution is -2.35. The Morgan fingerprint density at radius 3 is 2.68 bits per heavy atom. The number of nitrogens with two attached hydrogens (primary N) is 1. The van der Waals surface area contributed by atoms with E-state index in [1.807, 2.05) is 0 Å². The number of halogens is 4. The summed E-state index contributed by atoms with van der Waals surface area (Å²) < 4.78 is 40.2. The zero-order valence-corrected chi connectivity index (χ0v) is 23.4. The van der Waals surface area contributed by atoms with Crippen LogP contribution in [-0.2, 0) is 6.54 Å². The van der Waals surface area contributed by atoms with Crippen LogP contribution in [0.3, 0.4) is 0 Å². The largest absolute Gasteiger partial charge is 0.328 e. The highest BCUT2D eigenvalue weighted by Crippen LogP contribution is 2.42. The molecule has 208 valence electrons. The minimum Gasteiger partial charge on any atom is -0.328 e. The van der Waals surface area contributed by atoms with Crippen LogP contribution in [0, 0.1) is 29.0 Å². The van der Waals surface area contributed by atoms with E-state index in [1.165, 1.54) is 12.8 Å². The van der Waals surface area contributed by atoms with Crippen molar-refractivity contribution in [3.8, 4) is 11.8 Å². The van der Waals surface area contributed by atoms with Gasteiger partial charge in [-0.15, -0.1) is 11.3 Å². The summed E-state index contributed by atoms with van der Waals surface area (Å²) in [5.41, 5.74) is 6.11. The quantitative estimate of drug-likeness (QED) is 0.334.